The highest BCUT2D eigenvalue weighted by Crippen LogP contribution is 2.33. The SMILES string of the molecule is Cc1onc(-c2ccccc2Cl)c1C(=O)Nc1nc2c(s1)C(=O)CCC2. The number of nitrogens with one attached hydrogen (secondary N) is 1. The summed E-state index contributed by atoms with van der Waals surface area (Å²) in [5.74, 6) is 0.0780. The topological polar surface area (TPSA) is 85.1 Å². The third-order valence-corrected chi connectivity index (χ3v) is 5.59. The number of rotatable bonds is 3. The van der Waals surface area contributed by atoms with Crippen molar-refractivity contribution in [2.75, 3.05) is 5.32 Å². The minimum atomic E-state index is -0.391. The largest absolute Gasteiger partial charge is 0.360 e. The van der Waals surface area contributed by atoms with E-state index < -0.39 is 5.91 Å². The second-order valence-electron chi connectivity index (χ2n) is 5.97. The zero-order valence-electron chi connectivity index (χ0n) is 13.8. The minimum absolute atomic E-state index is 0.0853. The highest BCUT2D eigenvalue weighted by atomic mass is 35.5. The Morgan fingerprint density at radius 3 is 2.88 bits per heavy atom. The molecular formula is C18H14ClN3O3S. The highest BCUT2D eigenvalue weighted by Gasteiger charge is 2.26. The van der Waals surface area contributed by atoms with Gasteiger partial charge in [-0.1, -0.05) is 46.3 Å². The Balaban J connectivity index is 1.67. The van der Waals surface area contributed by atoms with E-state index in [1.165, 1.54) is 11.3 Å². The predicted octanol–water partition coefficient (Wildman–Crippen LogP) is 4.53. The third kappa shape index (κ3) is 2.93. The van der Waals surface area contributed by atoms with Crippen LogP contribution in [0.2, 0.25) is 5.02 Å². The lowest BCUT2D eigenvalue weighted by Crippen LogP contribution is -2.13. The van der Waals surface area contributed by atoms with Crippen LogP contribution in [0.3, 0.4) is 0 Å². The van der Waals surface area contributed by atoms with Crippen LogP contribution >= 0.6 is 22.9 Å². The zero-order valence-corrected chi connectivity index (χ0v) is 15.4. The maximum atomic E-state index is 12.8. The number of nitrogens with zero attached hydrogens (tertiary/aromatic N) is 2. The predicted molar refractivity (Wildman–Crippen MR) is 99.0 cm³/mol. The number of thiazole rings is 1. The number of amides is 1. The van der Waals surface area contributed by atoms with Crippen LogP contribution in [-0.4, -0.2) is 21.8 Å². The molecule has 1 aliphatic rings. The molecule has 0 saturated carbocycles. The molecule has 4 rings (SSSR count). The summed E-state index contributed by atoms with van der Waals surface area (Å²) < 4.78 is 5.22. The Hall–Kier alpha value is -2.51. The number of carbonyl (C=O) groups is 2. The van der Waals surface area contributed by atoms with Crippen molar-refractivity contribution in [3.8, 4) is 11.3 Å². The zero-order chi connectivity index (χ0) is 18.3. The van der Waals surface area contributed by atoms with E-state index in [2.05, 4.69) is 15.5 Å². The molecule has 1 aromatic carbocycles. The summed E-state index contributed by atoms with van der Waals surface area (Å²) >= 11 is 7.44. The first-order chi connectivity index (χ1) is 12.5. The first-order valence-electron chi connectivity index (χ1n) is 8.10. The molecule has 1 N–H and O–H groups in total. The van der Waals surface area contributed by atoms with Crippen LogP contribution < -0.4 is 5.32 Å². The Bertz CT molecular complexity index is 1020. The molecular weight excluding hydrogens is 374 g/mol. The van der Waals surface area contributed by atoms with Gasteiger partial charge >= 0.3 is 0 Å². The van der Waals surface area contributed by atoms with Gasteiger partial charge < -0.3 is 4.52 Å². The number of aryl methyl sites for hydroxylation is 2. The average molecular weight is 388 g/mol. The van der Waals surface area contributed by atoms with Crippen LogP contribution in [0.5, 0.6) is 0 Å². The normalized spacial score (nSPS) is 13.5. The molecule has 1 aliphatic carbocycles. The van der Waals surface area contributed by atoms with E-state index in [4.69, 9.17) is 16.1 Å². The first-order valence-corrected chi connectivity index (χ1v) is 9.29. The molecule has 0 spiro atoms. The molecule has 26 heavy (non-hydrogen) atoms. The summed E-state index contributed by atoms with van der Waals surface area (Å²) in [5, 5.41) is 7.64. The fraction of sp³-hybridized carbons (Fsp3) is 0.222. The van der Waals surface area contributed by atoms with E-state index in [1.54, 1.807) is 25.1 Å². The van der Waals surface area contributed by atoms with E-state index >= 15 is 0 Å². The molecule has 0 fully saturated rings. The lowest BCUT2D eigenvalue weighted by Gasteiger charge is -2.05. The summed E-state index contributed by atoms with van der Waals surface area (Å²) in [6.07, 6.45) is 2.08. The number of carbonyl (C=O) groups excluding carboxylic acids is 2. The molecule has 1 amide bonds. The summed E-state index contributed by atoms with van der Waals surface area (Å²) in [6.45, 7) is 1.67. The number of ketones is 1. The molecule has 0 atom stereocenters. The summed E-state index contributed by atoms with van der Waals surface area (Å²) in [5.41, 5.74) is 2.06. The number of fused-ring (bicyclic) bond motifs is 1. The molecule has 2 heterocycles. The van der Waals surface area contributed by atoms with Gasteiger partial charge in [0, 0.05) is 12.0 Å². The van der Waals surface area contributed by atoms with Crippen molar-refractivity contribution < 1.29 is 14.1 Å². The van der Waals surface area contributed by atoms with Gasteiger partial charge in [-0.25, -0.2) is 4.98 Å². The quantitative estimate of drug-likeness (QED) is 0.713. The van der Waals surface area contributed by atoms with Gasteiger partial charge in [0.2, 0.25) is 0 Å². The molecule has 2 aromatic heterocycles. The number of hydrogen-bond acceptors (Lipinski definition) is 6. The molecule has 0 radical (unpaired) electrons. The van der Waals surface area contributed by atoms with Crippen LogP contribution in [0, 0.1) is 6.92 Å². The molecule has 0 saturated heterocycles. The monoisotopic (exact) mass is 387 g/mol. The molecule has 6 nitrogen and oxygen atoms in total. The minimum Gasteiger partial charge on any atom is -0.360 e. The molecule has 0 bridgehead atoms. The molecule has 0 unspecified atom stereocenters. The van der Waals surface area contributed by atoms with Gasteiger partial charge in [-0.3, -0.25) is 14.9 Å². The van der Waals surface area contributed by atoms with E-state index in [0.717, 1.165) is 18.5 Å². The van der Waals surface area contributed by atoms with Gasteiger partial charge in [0.1, 0.15) is 17.0 Å². The van der Waals surface area contributed by atoms with E-state index in [-0.39, 0.29) is 5.78 Å². The Morgan fingerprint density at radius 1 is 1.31 bits per heavy atom. The standard InChI is InChI=1S/C18H14ClN3O3S/c1-9-14(15(22-25-9)10-5-2-3-6-11(10)19)17(24)21-18-20-12-7-4-8-13(23)16(12)26-18/h2-3,5-6H,4,7-8H2,1H3,(H,20,21,24). The molecule has 0 aliphatic heterocycles. The van der Waals surface area contributed by atoms with Crippen LogP contribution in [0.1, 0.15) is 44.3 Å². The van der Waals surface area contributed by atoms with Gasteiger partial charge in [0.15, 0.2) is 10.9 Å². The third-order valence-electron chi connectivity index (χ3n) is 4.21. The molecule has 132 valence electrons. The van der Waals surface area contributed by atoms with E-state index in [1.807, 2.05) is 6.07 Å². The Kier molecular flexibility index (Phi) is 4.34. The number of benzene rings is 1. The van der Waals surface area contributed by atoms with Gasteiger partial charge in [-0.2, -0.15) is 0 Å². The number of anilines is 1. The number of hydrogen-bond donors (Lipinski definition) is 1. The molecule has 8 heteroatoms. The van der Waals surface area contributed by atoms with Gasteiger partial charge in [0.25, 0.3) is 5.91 Å². The first kappa shape index (κ1) is 16.9. The lowest BCUT2D eigenvalue weighted by molar-refractivity contribution is 0.0975. The van der Waals surface area contributed by atoms with Crippen LogP contribution in [0.15, 0.2) is 28.8 Å². The van der Waals surface area contributed by atoms with Crippen LogP contribution in [0.25, 0.3) is 11.3 Å². The van der Waals surface area contributed by atoms with Gasteiger partial charge in [-0.15, -0.1) is 0 Å². The maximum Gasteiger partial charge on any atom is 0.263 e. The van der Waals surface area contributed by atoms with Crippen molar-refractivity contribution in [2.45, 2.75) is 26.2 Å². The van der Waals surface area contributed by atoms with Crippen molar-refractivity contribution in [3.63, 3.8) is 0 Å². The van der Waals surface area contributed by atoms with Crippen molar-refractivity contribution in [3.05, 3.63) is 51.2 Å². The highest BCUT2D eigenvalue weighted by molar-refractivity contribution is 7.17. The smallest absolute Gasteiger partial charge is 0.263 e. The number of Topliss-reactive ketones (excluding diaryl/α,β-unsaturated/α-hetero) is 1. The fourth-order valence-corrected chi connectivity index (χ4v) is 4.16. The summed E-state index contributed by atoms with van der Waals surface area (Å²) in [7, 11) is 0. The lowest BCUT2D eigenvalue weighted by atomic mass is 10.0. The van der Waals surface area contributed by atoms with Crippen molar-refractivity contribution in [1.29, 1.82) is 0 Å². The summed E-state index contributed by atoms with van der Waals surface area (Å²) in [4.78, 5) is 29.8. The number of halogens is 1. The maximum absolute atomic E-state index is 12.8. The fourth-order valence-electron chi connectivity index (χ4n) is 2.96. The second kappa shape index (κ2) is 6.66. The number of aromatic nitrogens is 2. The average Bonchev–Trinajstić information content (AvgIpc) is 3.19. The van der Waals surface area contributed by atoms with E-state index in [9.17, 15) is 9.59 Å². The van der Waals surface area contributed by atoms with Gasteiger partial charge in [-0.05, 0) is 25.8 Å². The van der Waals surface area contributed by atoms with Crippen molar-refractivity contribution in [2.24, 2.45) is 0 Å². The van der Waals surface area contributed by atoms with Crippen molar-refractivity contribution >= 4 is 39.8 Å². The second-order valence-corrected chi connectivity index (χ2v) is 7.37. The van der Waals surface area contributed by atoms with Crippen LogP contribution in [0.4, 0.5) is 5.13 Å². The molecule has 3 aromatic rings. The summed E-state index contributed by atoms with van der Waals surface area (Å²) in [6, 6.07) is 7.11. The van der Waals surface area contributed by atoms with Crippen molar-refractivity contribution in [1.82, 2.24) is 10.1 Å². The Labute approximate surface area is 158 Å². The Morgan fingerprint density at radius 2 is 2.12 bits per heavy atom. The van der Waals surface area contributed by atoms with Crippen LogP contribution in [-0.2, 0) is 6.42 Å². The van der Waals surface area contributed by atoms with E-state index in [0.29, 0.717) is 44.0 Å². The van der Waals surface area contributed by atoms with Gasteiger partial charge in [0.05, 0.1) is 15.6 Å².